The average Bonchev–Trinajstić information content (AvgIpc) is 2.93. The van der Waals surface area contributed by atoms with Gasteiger partial charge in [-0.15, -0.1) is 0 Å². The standard InChI is InChI=1S/C17H35N3O/c1-14(2)11-17(19-7-9-21-10-8-19)12-18-16-5-6-20(13-16)15(3)4/h14-18H,5-13H2,1-4H3. The van der Waals surface area contributed by atoms with E-state index in [0.29, 0.717) is 18.1 Å². The van der Waals surface area contributed by atoms with Crippen molar-refractivity contribution >= 4 is 0 Å². The van der Waals surface area contributed by atoms with Crippen LogP contribution >= 0.6 is 0 Å². The van der Waals surface area contributed by atoms with Gasteiger partial charge in [0.1, 0.15) is 0 Å². The molecule has 2 heterocycles. The molecule has 2 aliphatic rings. The molecule has 2 aliphatic heterocycles. The molecule has 1 N–H and O–H groups in total. The predicted molar refractivity (Wildman–Crippen MR) is 88.8 cm³/mol. The van der Waals surface area contributed by atoms with Gasteiger partial charge in [-0.2, -0.15) is 0 Å². The normalized spacial score (nSPS) is 26.9. The van der Waals surface area contributed by atoms with Gasteiger partial charge in [0.25, 0.3) is 0 Å². The van der Waals surface area contributed by atoms with Gasteiger partial charge in [0.05, 0.1) is 13.2 Å². The number of rotatable bonds is 7. The first-order valence-electron chi connectivity index (χ1n) is 8.85. The first kappa shape index (κ1) is 17.2. The van der Waals surface area contributed by atoms with Crippen LogP contribution < -0.4 is 5.32 Å². The summed E-state index contributed by atoms with van der Waals surface area (Å²) in [7, 11) is 0. The summed E-state index contributed by atoms with van der Waals surface area (Å²) in [6.45, 7) is 16.9. The van der Waals surface area contributed by atoms with Crippen LogP contribution in [0, 0.1) is 5.92 Å². The SMILES string of the molecule is CC(C)CC(CNC1CCN(C(C)C)C1)N1CCOCC1. The van der Waals surface area contributed by atoms with Crippen molar-refractivity contribution in [3.63, 3.8) is 0 Å². The van der Waals surface area contributed by atoms with Gasteiger partial charge < -0.3 is 10.1 Å². The maximum Gasteiger partial charge on any atom is 0.0594 e. The van der Waals surface area contributed by atoms with Crippen LogP contribution in [0.1, 0.15) is 40.5 Å². The van der Waals surface area contributed by atoms with Crippen LogP contribution in [0.2, 0.25) is 0 Å². The molecule has 0 amide bonds. The quantitative estimate of drug-likeness (QED) is 0.775. The second-order valence-corrected chi connectivity index (χ2v) is 7.41. The molecule has 0 radical (unpaired) electrons. The van der Waals surface area contributed by atoms with E-state index in [1.165, 1.54) is 25.9 Å². The Morgan fingerprint density at radius 3 is 2.33 bits per heavy atom. The number of ether oxygens (including phenoxy) is 1. The van der Waals surface area contributed by atoms with Gasteiger partial charge in [0.2, 0.25) is 0 Å². The van der Waals surface area contributed by atoms with Crippen LogP contribution in [0.4, 0.5) is 0 Å². The number of nitrogens with zero attached hydrogens (tertiary/aromatic N) is 2. The zero-order valence-electron chi connectivity index (χ0n) is 14.5. The van der Waals surface area contributed by atoms with E-state index in [1.807, 2.05) is 0 Å². The summed E-state index contributed by atoms with van der Waals surface area (Å²) in [5, 5.41) is 3.85. The first-order valence-corrected chi connectivity index (χ1v) is 8.85. The van der Waals surface area contributed by atoms with E-state index < -0.39 is 0 Å². The number of hydrogen-bond donors (Lipinski definition) is 1. The lowest BCUT2D eigenvalue weighted by Crippen LogP contribution is -2.50. The Morgan fingerprint density at radius 1 is 1.05 bits per heavy atom. The highest BCUT2D eigenvalue weighted by atomic mass is 16.5. The van der Waals surface area contributed by atoms with E-state index in [-0.39, 0.29) is 0 Å². The molecular weight excluding hydrogens is 262 g/mol. The number of likely N-dealkylation sites (tertiary alicyclic amines) is 1. The summed E-state index contributed by atoms with van der Waals surface area (Å²) < 4.78 is 5.50. The summed E-state index contributed by atoms with van der Waals surface area (Å²) in [6.07, 6.45) is 2.59. The molecule has 0 aromatic carbocycles. The predicted octanol–water partition coefficient (Wildman–Crippen LogP) is 1.81. The van der Waals surface area contributed by atoms with Crippen LogP contribution in [-0.4, -0.2) is 73.9 Å². The third kappa shape index (κ3) is 5.51. The minimum Gasteiger partial charge on any atom is -0.379 e. The lowest BCUT2D eigenvalue weighted by atomic mass is 10.0. The minimum absolute atomic E-state index is 0.669. The second kappa shape index (κ2) is 8.47. The fraction of sp³-hybridized carbons (Fsp3) is 1.00. The van der Waals surface area contributed by atoms with Gasteiger partial charge in [-0.05, 0) is 39.2 Å². The van der Waals surface area contributed by atoms with Crippen LogP contribution in [-0.2, 0) is 4.74 Å². The van der Waals surface area contributed by atoms with Crippen molar-refractivity contribution < 1.29 is 4.74 Å². The smallest absolute Gasteiger partial charge is 0.0594 e. The summed E-state index contributed by atoms with van der Waals surface area (Å²) in [5.74, 6) is 0.760. The Balaban J connectivity index is 1.78. The molecule has 0 aliphatic carbocycles. The first-order chi connectivity index (χ1) is 10.1. The third-order valence-electron chi connectivity index (χ3n) is 4.90. The van der Waals surface area contributed by atoms with Crippen molar-refractivity contribution in [3.05, 3.63) is 0 Å². The molecule has 0 spiro atoms. The van der Waals surface area contributed by atoms with Crippen molar-refractivity contribution in [2.24, 2.45) is 5.92 Å². The van der Waals surface area contributed by atoms with Crippen molar-refractivity contribution in [2.45, 2.75) is 58.7 Å². The lowest BCUT2D eigenvalue weighted by molar-refractivity contribution is 0.0118. The molecule has 2 unspecified atom stereocenters. The van der Waals surface area contributed by atoms with E-state index in [4.69, 9.17) is 4.74 Å². The topological polar surface area (TPSA) is 27.7 Å². The van der Waals surface area contributed by atoms with Crippen LogP contribution in [0.25, 0.3) is 0 Å². The zero-order valence-corrected chi connectivity index (χ0v) is 14.5. The van der Waals surface area contributed by atoms with Crippen molar-refractivity contribution in [1.29, 1.82) is 0 Å². The second-order valence-electron chi connectivity index (χ2n) is 7.41. The van der Waals surface area contributed by atoms with Crippen molar-refractivity contribution in [2.75, 3.05) is 45.9 Å². The van der Waals surface area contributed by atoms with E-state index in [9.17, 15) is 0 Å². The molecular formula is C17H35N3O. The van der Waals surface area contributed by atoms with E-state index in [0.717, 1.165) is 38.8 Å². The fourth-order valence-electron chi connectivity index (χ4n) is 3.57. The van der Waals surface area contributed by atoms with E-state index in [1.54, 1.807) is 0 Å². The van der Waals surface area contributed by atoms with Gasteiger partial charge in [0, 0.05) is 44.3 Å². The Morgan fingerprint density at radius 2 is 1.76 bits per heavy atom. The Labute approximate surface area is 131 Å². The fourth-order valence-corrected chi connectivity index (χ4v) is 3.57. The van der Waals surface area contributed by atoms with E-state index >= 15 is 0 Å². The molecule has 2 saturated heterocycles. The number of morpholine rings is 1. The Hall–Kier alpha value is -0.160. The maximum atomic E-state index is 5.50. The molecule has 0 bridgehead atoms. The maximum absolute atomic E-state index is 5.50. The average molecular weight is 297 g/mol. The highest BCUT2D eigenvalue weighted by molar-refractivity contribution is 4.85. The monoisotopic (exact) mass is 297 g/mol. The highest BCUT2D eigenvalue weighted by Gasteiger charge is 2.26. The largest absolute Gasteiger partial charge is 0.379 e. The molecule has 2 rings (SSSR count). The Kier molecular flexibility index (Phi) is 6.93. The van der Waals surface area contributed by atoms with Gasteiger partial charge in [-0.3, -0.25) is 9.80 Å². The highest BCUT2D eigenvalue weighted by Crippen LogP contribution is 2.16. The van der Waals surface area contributed by atoms with Gasteiger partial charge in [-0.25, -0.2) is 0 Å². The van der Waals surface area contributed by atoms with Crippen molar-refractivity contribution in [1.82, 2.24) is 15.1 Å². The molecule has 4 nitrogen and oxygen atoms in total. The number of hydrogen-bond acceptors (Lipinski definition) is 4. The van der Waals surface area contributed by atoms with Gasteiger partial charge in [-0.1, -0.05) is 13.8 Å². The summed E-state index contributed by atoms with van der Waals surface area (Å²) in [4.78, 5) is 5.22. The Bertz CT molecular complexity index is 290. The number of nitrogens with one attached hydrogen (secondary N) is 1. The molecule has 0 aromatic heterocycles. The van der Waals surface area contributed by atoms with Gasteiger partial charge >= 0.3 is 0 Å². The molecule has 2 atom stereocenters. The lowest BCUT2D eigenvalue weighted by Gasteiger charge is -2.36. The molecule has 21 heavy (non-hydrogen) atoms. The third-order valence-corrected chi connectivity index (χ3v) is 4.90. The van der Waals surface area contributed by atoms with E-state index in [2.05, 4.69) is 42.8 Å². The summed E-state index contributed by atoms with van der Waals surface area (Å²) in [5.41, 5.74) is 0. The van der Waals surface area contributed by atoms with Gasteiger partial charge in [0.15, 0.2) is 0 Å². The van der Waals surface area contributed by atoms with Crippen LogP contribution in [0.15, 0.2) is 0 Å². The van der Waals surface area contributed by atoms with Crippen LogP contribution in [0.5, 0.6) is 0 Å². The minimum atomic E-state index is 0.669. The van der Waals surface area contributed by atoms with Crippen molar-refractivity contribution in [3.8, 4) is 0 Å². The molecule has 0 saturated carbocycles. The summed E-state index contributed by atoms with van der Waals surface area (Å²) in [6, 6.07) is 2.03. The molecule has 4 heteroatoms. The molecule has 0 aromatic rings. The molecule has 2 fully saturated rings. The summed E-state index contributed by atoms with van der Waals surface area (Å²) >= 11 is 0. The van der Waals surface area contributed by atoms with Crippen LogP contribution in [0.3, 0.4) is 0 Å². The zero-order chi connectivity index (χ0) is 15.2. The molecule has 124 valence electrons.